The van der Waals surface area contributed by atoms with Crippen LogP contribution in [0.15, 0.2) is 41.1 Å². The van der Waals surface area contributed by atoms with Gasteiger partial charge < -0.3 is 14.1 Å². The van der Waals surface area contributed by atoms with Crippen LogP contribution in [-0.2, 0) is 11.3 Å². The predicted molar refractivity (Wildman–Crippen MR) is 121 cm³/mol. The molecule has 0 aromatic carbocycles. The maximum Gasteiger partial charge on any atom is 0.298 e. The van der Waals surface area contributed by atoms with Crippen LogP contribution in [0.2, 0.25) is 0 Å². The number of pyridine rings is 1. The van der Waals surface area contributed by atoms with E-state index in [0.717, 1.165) is 16.9 Å². The summed E-state index contributed by atoms with van der Waals surface area (Å²) in [6.45, 7) is 5.22. The number of aromatic nitrogens is 3. The quantitative estimate of drug-likeness (QED) is 0.565. The van der Waals surface area contributed by atoms with Gasteiger partial charge in [-0.15, -0.1) is 0 Å². The number of ether oxygens (including phenoxy) is 1. The Kier molecular flexibility index (Phi) is 6.05. The van der Waals surface area contributed by atoms with E-state index in [1.54, 1.807) is 17.4 Å². The number of piperidine rings is 2. The van der Waals surface area contributed by atoms with Crippen molar-refractivity contribution in [2.45, 2.75) is 50.9 Å². The molecule has 0 bridgehead atoms. The number of furan rings is 1. The molecule has 176 valence electrons. The number of imidazole rings is 1. The Labute approximate surface area is 192 Å². The van der Waals surface area contributed by atoms with Crippen molar-refractivity contribution in [3.8, 4) is 6.01 Å². The molecule has 2 fully saturated rings. The van der Waals surface area contributed by atoms with Crippen molar-refractivity contribution < 1.29 is 18.3 Å². The number of halogens is 1. The second-order valence-corrected chi connectivity index (χ2v) is 8.89. The van der Waals surface area contributed by atoms with Gasteiger partial charge in [-0.05, 0) is 44.0 Å². The van der Waals surface area contributed by atoms with Crippen LogP contribution in [0, 0.1) is 0 Å². The molecule has 0 aliphatic carbocycles. The van der Waals surface area contributed by atoms with Crippen LogP contribution in [0.5, 0.6) is 6.01 Å². The molecule has 5 heterocycles. The van der Waals surface area contributed by atoms with E-state index in [0.29, 0.717) is 58.2 Å². The maximum atomic E-state index is 15.7. The lowest BCUT2D eigenvalue weighted by Crippen LogP contribution is -2.53. The minimum Gasteiger partial charge on any atom is -0.468 e. The third-order valence-electron chi connectivity index (χ3n) is 6.80. The van der Waals surface area contributed by atoms with E-state index in [1.807, 2.05) is 35.8 Å². The summed E-state index contributed by atoms with van der Waals surface area (Å²) >= 11 is 0. The van der Waals surface area contributed by atoms with E-state index in [2.05, 4.69) is 14.9 Å². The number of nitrogens with zero attached hydrogens (tertiary/aromatic N) is 5. The van der Waals surface area contributed by atoms with Gasteiger partial charge in [0.05, 0.1) is 19.4 Å². The number of carbonyl (C=O) groups is 1. The van der Waals surface area contributed by atoms with Crippen LogP contribution in [0.4, 0.5) is 4.39 Å². The second kappa shape index (κ2) is 9.13. The fourth-order valence-electron chi connectivity index (χ4n) is 4.98. The van der Waals surface area contributed by atoms with Gasteiger partial charge in [0.2, 0.25) is 0 Å². The van der Waals surface area contributed by atoms with Gasteiger partial charge in [-0.1, -0.05) is 0 Å². The second-order valence-electron chi connectivity index (χ2n) is 8.89. The van der Waals surface area contributed by atoms with Gasteiger partial charge in [0.1, 0.15) is 11.3 Å². The largest absolute Gasteiger partial charge is 0.468 e. The lowest BCUT2D eigenvalue weighted by atomic mass is 9.90. The minimum atomic E-state index is -1.79. The van der Waals surface area contributed by atoms with Crippen molar-refractivity contribution in [2.24, 2.45) is 0 Å². The number of carbonyl (C=O) groups excluding carboxylic acids is 1. The first-order valence-electron chi connectivity index (χ1n) is 11.8. The molecule has 2 aliphatic heterocycles. The first kappa shape index (κ1) is 21.9. The molecule has 0 spiro atoms. The van der Waals surface area contributed by atoms with Crippen LogP contribution in [-0.4, -0.2) is 68.7 Å². The highest BCUT2D eigenvalue weighted by molar-refractivity contribution is 5.85. The maximum absolute atomic E-state index is 15.7. The molecule has 1 amide bonds. The zero-order valence-corrected chi connectivity index (χ0v) is 19.0. The van der Waals surface area contributed by atoms with Crippen LogP contribution in [0.25, 0.3) is 11.2 Å². The zero-order valence-electron chi connectivity index (χ0n) is 19.0. The van der Waals surface area contributed by atoms with Crippen molar-refractivity contribution in [1.29, 1.82) is 0 Å². The van der Waals surface area contributed by atoms with Gasteiger partial charge in [0, 0.05) is 51.3 Å². The first-order valence-corrected chi connectivity index (χ1v) is 11.8. The van der Waals surface area contributed by atoms with Crippen molar-refractivity contribution >= 4 is 17.1 Å². The number of alkyl halides is 1. The predicted octanol–water partition coefficient (Wildman–Crippen LogP) is 3.59. The molecule has 0 unspecified atom stereocenters. The average molecular weight is 456 g/mol. The number of hydrogen-bond acceptors (Lipinski definition) is 6. The molecule has 8 nitrogen and oxygen atoms in total. The Morgan fingerprint density at radius 1 is 1.21 bits per heavy atom. The molecule has 2 aliphatic rings. The number of rotatable bonds is 6. The molecular formula is C24H30FN5O3. The molecule has 3 aromatic rings. The highest BCUT2D eigenvalue weighted by Gasteiger charge is 2.45. The van der Waals surface area contributed by atoms with Crippen LogP contribution < -0.4 is 4.74 Å². The molecule has 0 atom stereocenters. The highest BCUT2D eigenvalue weighted by Crippen LogP contribution is 2.34. The third-order valence-corrected chi connectivity index (χ3v) is 6.80. The van der Waals surface area contributed by atoms with Gasteiger partial charge in [0.15, 0.2) is 11.3 Å². The first-order chi connectivity index (χ1) is 16.1. The van der Waals surface area contributed by atoms with Gasteiger partial charge in [0.25, 0.3) is 11.9 Å². The van der Waals surface area contributed by atoms with Gasteiger partial charge in [-0.2, -0.15) is 4.98 Å². The lowest BCUT2D eigenvalue weighted by Gasteiger charge is -2.40. The normalized spacial score (nSPS) is 19.8. The molecular weight excluding hydrogens is 425 g/mol. The van der Waals surface area contributed by atoms with Crippen molar-refractivity contribution in [3.63, 3.8) is 0 Å². The monoisotopic (exact) mass is 455 g/mol. The van der Waals surface area contributed by atoms with Crippen molar-refractivity contribution in [2.75, 3.05) is 32.8 Å². The summed E-state index contributed by atoms with van der Waals surface area (Å²) in [5, 5.41) is 0. The Hall–Kier alpha value is -2.94. The van der Waals surface area contributed by atoms with Gasteiger partial charge >= 0.3 is 0 Å². The molecule has 0 radical (unpaired) electrons. The zero-order chi connectivity index (χ0) is 22.8. The molecule has 3 aromatic heterocycles. The van der Waals surface area contributed by atoms with E-state index in [9.17, 15) is 4.79 Å². The van der Waals surface area contributed by atoms with Crippen LogP contribution in [0.3, 0.4) is 0 Å². The topological polar surface area (TPSA) is 76.6 Å². The molecule has 0 saturated carbocycles. The van der Waals surface area contributed by atoms with Crippen molar-refractivity contribution in [3.05, 3.63) is 42.5 Å². The molecule has 2 saturated heterocycles. The fourth-order valence-corrected chi connectivity index (χ4v) is 4.98. The summed E-state index contributed by atoms with van der Waals surface area (Å²) < 4.78 is 28.9. The molecule has 5 rings (SSSR count). The molecule has 33 heavy (non-hydrogen) atoms. The highest BCUT2D eigenvalue weighted by atomic mass is 19.1. The van der Waals surface area contributed by atoms with Gasteiger partial charge in [-0.25, -0.2) is 9.37 Å². The van der Waals surface area contributed by atoms with Crippen molar-refractivity contribution in [1.82, 2.24) is 24.3 Å². The Morgan fingerprint density at radius 2 is 2.00 bits per heavy atom. The fraction of sp³-hybridized carbons (Fsp3) is 0.542. The van der Waals surface area contributed by atoms with E-state index in [1.165, 1.54) is 0 Å². The number of fused-ring (bicyclic) bond motifs is 1. The lowest BCUT2D eigenvalue weighted by molar-refractivity contribution is -0.149. The van der Waals surface area contributed by atoms with E-state index in [-0.39, 0.29) is 24.8 Å². The number of likely N-dealkylation sites (tertiary alicyclic amines) is 2. The summed E-state index contributed by atoms with van der Waals surface area (Å²) in [5.74, 6) is 0.500. The standard InChI is InChI=1S/C24H30FN5O3/c1-2-32-23-27-20-6-3-11-26-21(20)30(23)18-7-12-29(13-8-18)22(31)24(25)9-14-28(15-10-24)17-19-5-4-16-33-19/h3-6,11,16,18H,2,7-10,12-15,17H2,1H3. The SMILES string of the molecule is CCOc1nc2cccnc2n1C1CCN(C(=O)C2(F)CCN(Cc3ccco3)CC2)CC1. The van der Waals surface area contributed by atoms with Crippen LogP contribution in [0.1, 0.15) is 44.4 Å². The summed E-state index contributed by atoms with van der Waals surface area (Å²) in [7, 11) is 0. The number of hydrogen-bond donors (Lipinski definition) is 0. The Morgan fingerprint density at radius 3 is 2.70 bits per heavy atom. The third kappa shape index (κ3) is 4.34. The van der Waals surface area contributed by atoms with E-state index < -0.39 is 5.67 Å². The van der Waals surface area contributed by atoms with Gasteiger partial charge in [-0.3, -0.25) is 14.3 Å². The van der Waals surface area contributed by atoms with Crippen LogP contribution >= 0.6 is 0 Å². The summed E-state index contributed by atoms with van der Waals surface area (Å²) in [6.07, 6.45) is 5.27. The van der Waals surface area contributed by atoms with E-state index in [4.69, 9.17) is 9.15 Å². The summed E-state index contributed by atoms with van der Waals surface area (Å²) in [6, 6.07) is 8.22. The molecule has 9 heteroatoms. The number of amides is 1. The smallest absolute Gasteiger partial charge is 0.298 e. The minimum absolute atomic E-state index is 0.112. The molecule has 0 N–H and O–H groups in total. The Balaban J connectivity index is 1.21. The summed E-state index contributed by atoms with van der Waals surface area (Å²) in [5.41, 5.74) is -0.202. The van der Waals surface area contributed by atoms with E-state index >= 15 is 4.39 Å². The summed E-state index contributed by atoms with van der Waals surface area (Å²) in [4.78, 5) is 26.0. The average Bonchev–Trinajstić information content (AvgIpc) is 3.48. The Bertz CT molecular complexity index is 1080.